The van der Waals surface area contributed by atoms with Crippen LogP contribution in [0.25, 0.3) is 0 Å². The molecule has 3 rings (SSSR count). The van der Waals surface area contributed by atoms with Crippen molar-refractivity contribution in [3.63, 3.8) is 0 Å². The molecule has 8 heteroatoms. The highest BCUT2D eigenvalue weighted by Gasteiger charge is 2.36. The van der Waals surface area contributed by atoms with Crippen LogP contribution in [0.4, 0.5) is 15.0 Å². The number of halogens is 1. The highest BCUT2D eigenvalue weighted by atomic mass is 19.1. The summed E-state index contributed by atoms with van der Waals surface area (Å²) < 4.78 is 19.3. The molecule has 7 nitrogen and oxygen atoms in total. The summed E-state index contributed by atoms with van der Waals surface area (Å²) in [6.07, 6.45) is 0. The van der Waals surface area contributed by atoms with Gasteiger partial charge in [-0.05, 0) is 26.8 Å². The summed E-state index contributed by atoms with van der Waals surface area (Å²) in [5.74, 6) is -0.190. The Hall–Kier alpha value is -3.16. The van der Waals surface area contributed by atoms with Gasteiger partial charge in [0.1, 0.15) is 11.6 Å². The van der Waals surface area contributed by atoms with Gasteiger partial charge < -0.3 is 15.2 Å². The molecular formula is C18H19FN4O3. The van der Waals surface area contributed by atoms with Crippen molar-refractivity contribution in [1.29, 1.82) is 0 Å². The first-order valence-corrected chi connectivity index (χ1v) is 8.20. The average Bonchev–Trinajstić information content (AvgIpc) is 2.99. The molecule has 2 aromatic rings. The van der Waals surface area contributed by atoms with Crippen LogP contribution in [0.5, 0.6) is 0 Å². The van der Waals surface area contributed by atoms with Crippen LogP contribution >= 0.6 is 0 Å². The molecule has 0 bridgehead atoms. The van der Waals surface area contributed by atoms with Crippen LogP contribution in [0.3, 0.4) is 0 Å². The zero-order valence-corrected chi connectivity index (χ0v) is 14.7. The van der Waals surface area contributed by atoms with Crippen molar-refractivity contribution >= 4 is 17.8 Å². The summed E-state index contributed by atoms with van der Waals surface area (Å²) >= 11 is 0. The molecule has 1 aliphatic rings. The zero-order chi connectivity index (χ0) is 18.8. The molecule has 0 saturated heterocycles. The summed E-state index contributed by atoms with van der Waals surface area (Å²) in [7, 11) is 0. The maximum absolute atomic E-state index is 14.3. The highest BCUT2D eigenvalue weighted by Crippen LogP contribution is 2.32. The first-order valence-electron chi connectivity index (χ1n) is 8.20. The van der Waals surface area contributed by atoms with Gasteiger partial charge in [0.2, 0.25) is 0 Å². The van der Waals surface area contributed by atoms with Gasteiger partial charge in [0.15, 0.2) is 5.82 Å². The molecule has 2 heterocycles. The van der Waals surface area contributed by atoms with Crippen molar-refractivity contribution in [2.45, 2.75) is 26.8 Å². The Balaban J connectivity index is 2.04. The van der Waals surface area contributed by atoms with E-state index in [-0.39, 0.29) is 23.0 Å². The van der Waals surface area contributed by atoms with Gasteiger partial charge >= 0.3 is 6.03 Å². The second kappa shape index (κ2) is 6.99. The number of carbonyl (C=O) groups excluding carboxylic acids is 2. The van der Waals surface area contributed by atoms with Crippen LogP contribution in [-0.4, -0.2) is 28.5 Å². The van der Waals surface area contributed by atoms with Crippen molar-refractivity contribution in [3.8, 4) is 0 Å². The Morgan fingerprint density at radius 2 is 2.12 bits per heavy atom. The van der Waals surface area contributed by atoms with Crippen LogP contribution < -0.4 is 10.6 Å². The fourth-order valence-corrected chi connectivity index (χ4v) is 3.01. The molecule has 136 valence electrons. The minimum Gasteiger partial charge on any atom is -0.360 e. The maximum atomic E-state index is 14.3. The number of rotatable bonds is 4. The van der Waals surface area contributed by atoms with Gasteiger partial charge in [-0.25, -0.2) is 9.18 Å². The number of aryl methyl sites for hydroxylation is 1. The third kappa shape index (κ3) is 3.17. The lowest BCUT2D eigenvalue weighted by Gasteiger charge is -2.35. The van der Waals surface area contributed by atoms with E-state index in [9.17, 15) is 14.0 Å². The van der Waals surface area contributed by atoms with Crippen molar-refractivity contribution < 1.29 is 18.5 Å². The number of benzene rings is 1. The summed E-state index contributed by atoms with van der Waals surface area (Å²) in [4.78, 5) is 26.7. The predicted octanol–water partition coefficient (Wildman–Crippen LogP) is 3.12. The number of nitrogens with one attached hydrogen (secondary N) is 2. The number of nitrogens with zero attached hydrogens (tertiary/aromatic N) is 2. The molecule has 1 atom stereocenters. The van der Waals surface area contributed by atoms with Gasteiger partial charge in [0.05, 0.1) is 11.6 Å². The molecule has 1 aromatic heterocycles. The molecule has 0 saturated carbocycles. The molecule has 0 fully saturated rings. The summed E-state index contributed by atoms with van der Waals surface area (Å²) in [6, 6.07) is 6.33. The molecule has 26 heavy (non-hydrogen) atoms. The number of allylic oxidation sites excluding steroid dienone is 1. The Labute approximate surface area is 149 Å². The number of anilines is 1. The predicted molar refractivity (Wildman–Crippen MR) is 92.6 cm³/mol. The minimum atomic E-state index is -0.903. The highest BCUT2D eigenvalue weighted by molar-refractivity contribution is 6.06. The number of aromatic nitrogens is 1. The van der Waals surface area contributed by atoms with Gasteiger partial charge in [-0.2, -0.15) is 0 Å². The average molecular weight is 358 g/mol. The van der Waals surface area contributed by atoms with Crippen LogP contribution in [0.15, 0.2) is 46.1 Å². The standard InChI is InChI=1S/C18H19FN4O3/c1-4-23-11(3)15(17(24)20-14-9-10(2)26-22-14)16(21-18(23)25)12-7-5-6-8-13(12)19/h5-9,16H,4H2,1-3H3,(H,21,25)(H,20,22,24). The first-order chi connectivity index (χ1) is 12.4. The zero-order valence-electron chi connectivity index (χ0n) is 14.7. The van der Waals surface area contributed by atoms with Gasteiger partial charge in [-0.3, -0.25) is 9.69 Å². The third-order valence-electron chi connectivity index (χ3n) is 4.24. The van der Waals surface area contributed by atoms with Crippen molar-refractivity contribution in [1.82, 2.24) is 15.4 Å². The van der Waals surface area contributed by atoms with E-state index in [0.29, 0.717) is 18.0 Å². The van der Waals surface area contributed by atoms with E-state index in [1.54, 1.807) is 45.0 Å². The second-order valence-electron chi connectivity index (χ2n) is 5.92. The fourth-order valence-electron chi connectivity index (χ4n) is 3.01. The van der Waals surface area contributed by atoms with Gasteiger partial charge in [0.25, 0.3) is 5.91 Å². The number of carbonyl (C=O) groups is 2. The number of hydrogen-bond donors (Lipinski definition) is 2. The van der Waals surface area contributed by atoms with Gasteiger partial charge in [0, 0.05) is 23.9 Å². The SMILES string of the molecule is CCN1C(=O)NC(c2ccccc2F)C(C(=O)Nc2cc(C)on2)=C1C. The Bertz CT molecular complexity index is 890. The minimum absolute atomic E-state index is 0.220. The number of urea groups is 1. The molecule has 1 aromatic carbocycles. The lowest BCUT2D eigenvalue weighted by Crippen LogP contribution is -2.48. The van der Waals surface area contributed by atoms with Crippen molar-refractivity contribution in [2.24, 2.45) is 0 Å². The van der Waals surface area contributed by atoms with E-state index in [4.69, 9.17) is 4.52 Å². The van der Waals surface area contributed by atoms with Crippen LogP contribution in [0, 0.1) is 12.7 Å². The Kier molecular flexibility index (Phi) is 4.75. The lowest BCUT2D eigenvalue weighted by atomic mass is 9.93. The second-order valence-corrected chi connectivity index (χ2v) is 5.92. The fraction of sp³-hybridized carbons (Fsp3) is 0.278. The largest absolute Gasteiger partial charge is 0.360 e. The molecule has 1 unspecified atom stereocenters. The topological polar surface area (TPSA) is 87.5 Å². The van der Waals surface area contributed by atoms with Crippen LogP contribution in [-0.2, 0) is 4.79 Å². The molecule has 0 aliphatic carbocycles. The maximum Gasteiger partial charge on any atom is 0.322 e. The quantitative estimate of drug-likeness (QED) is 0.879. The number of hydrogen-bond acceptors (Lipinski definition) is 4. The van der Waals surface area contributed by atoms with E-state index >= 15 is 0 Å². The molecule has 0 radical (unpaired) electrons. The van der Waals surface area contributed by atoms with Crippen LogP contribution in [0.1, 0.15) is 31.2 Å². The first kappa shape index (κ1) is 17.7. The molecule has 1 aliphatic heterocycles. The van der Waals surface area contributed by atoms with E-state index in [1.807, 2.05) is 0 Å². The van der Waals surface area contributed by atoms with Crippen molar-refractivity contribution in [2.75, 3.05) is 11.9 Å². The molecular weight excluding hydrogens is 339 g/mol. The molecule has 0 spiro atoms. The summed E-state index contributed by atoms with van der Waals surface area (Å²) in [6.45, 7) is 5.54. The van der Waals surface area contributed by atoms with Gasteiger partial charge in [-0.1, -0.05) is 23.4 Å². The monoisotopic (exact) mass is 358 g/mol. The van der Waals surface area contributed by atoms with E-state index < -0.39 is 17.8 Å². The van der Waals surface area contributed by atoms with Crippen LogP contribution in [0.2, 0.25) is 0 Å². The summed E-state index contributed by atoms with van der Waals surface area (Å²) in [5.41, 5.74) is 0.928. The van der Waals surface area contributed by atoms with E-state index in [2.05, 4.69) is 15.8 Å². The molecule has 3 amide bonds. The normalized spacial score (nSPS) is 17.3. The van der Waals surface area contributed by atoms with Crippen molar-refractivity contribution in [3.05, 3.63) is 58.7 Å². The Morgan fingerprint density at radius 1 is 1.38 bits per heavy atom. The third-order valence-corrected chi connectivity index (χ3v) is 4.24. The number of amides is 3. The smallest absolute Gasteiger partial charge is 0.322 e. The molecule has 2 N–H and O–H groups in total. The Morgan fingerprint density at radius 3 is 2.73 bits per heavy atom. The lowest BCUT2D eigenvalue weighted by molar-refractivity contribution is -0.113. The van der Waals surface area contributed by atoms with E-state index in [1.165, 1.54) is 11.0 Å². The van der Waals surface area contributed by atoms with E-state index in [0.717, 1.165) is 0 Å². The summed E-state index contributed by atoms with van der Waals surface area (Å²) in [5, 5.41) is 9.09. The van der Waals surface area contributed by atoms with Gasteiger partial charge in [-0.15, -0.1) is 0 Å².